The lowest BCUT2D eigenvalue weighted by Crippen LogP contribution is -2.28. The van der Waals surface area contributed by atoms with Crippen LogP contribution in [0, 0.1) is 10.1 Å². The molecule has 9 heteroatoms. The molecule has 1 unspecified atom stereocenters. The largest absolute Gasteiger partial charge is 0.391 e. The Labute approximate surface area is 130 Å². The molecule has 1 amide bonds. The maximum absolute atomic E-state index is 11.9. The van der Waals surface area contributed by atoms with Crippen molar-refractivity contribution >= 4 is 34.8 Å². The molecule has 0 fully saturated rings. The van der Waals surface area contributed by atoms with E-state index in [-0.39, 0.29) is 40.9 Å². The maximum atomic E-state index is 11.9. The van der Waals surface area contributed by atoms with Crippen LogP contribution in [0.15, 0.2) is 12.1 Å². The summed E-state index contributed by atoms with van der Waals surface area (Å²) in [7, 11) is 1.45. The molecule has 21 heavy (non-hydrogen) atoms. The highest BCUT2D eigenvalue weighted by atomic mass is 35.5. The quantitative estimate of drug-likeness (QED) is 0.585. The summed E-state index contributed by atoms with van der Waals surface area (Å²) in [6.07, 6.45) is -0.431. The van der Waals surface area contributed by atoms with Crippen LogP contribution in [0.5, 0.6) is 0 Å². The normalized spacial score (nSPS) is 12.0. The molecule has 0 aliphatic rings. The summed E-state index contributed by atoms with van der Waals surface area (Å²) in [6, 6.07) is 2.12. The number of aliphatic hydroxyl groups is 1. The molecule has 1 atom stereocenters. The minimum absolute atomic E-state index is 0.0581. The molecule has 1 aromatic rings. The summed E-state index contributed by atoms with van der Waals surface area (Å²) in [5.74, 6) is -0.602. The molecule has 0 aliphatic carbocycles. The maximum Gasteiger partial charge on any atom is 0.271 e. The Morgan fingerprint density at radius 2 is 2.19 bits per heavy atom. The lowest BCUT2D eigenvalue weighted by Gasteiger charge is -2.11. The number of nitrogens with one attached hydrogen (secondary N) is 1. The van der Waals surface area contributed by atoms with Gasteiger partial charge in [0.05, 0.1) is 33.2 Å². The average molecular weight is 337 g/mol. The van der Waals surface area contributed by atoms with Gasteiger partial charge >= 0.3 is 0 Å². The number of nitro groups is 1. The Balaban J connectivity index is 2.76. The van der Waals surface area contributed by atoms with Gasteiger partial charge in [0.15, 0.2) is 0 Å². The minimum Gasteiger partial charge on any atom is -0.391 e. The number of carbonyl (C=O) groups excluding carboxylic acids is 1. The number of ether oxygens (including phenoxy) is 1. The molecular formula is C12H14Cl2N2O5. The van der Waals surface area contributed by atoms with Crippen LogP contribution in [0.25, 0.3) is 0 Å². The van der Waals surface area contributed by atoms with Gasteiger partial charge in [-0.2, -0.15) is 0 Å². The van der Waals surface area contributed by atoms with E-state index in [0.717, 1.165) is 12.1 Å². The minimum atomic E-state index is -0.709. The van der Waals surface area contributed by atoms with Crippen molar-refractivity contribution in [2.75, 3.05) is 20.3 Å². The predicted octanol–water partition coefficient (Wildman–Crippen LogP) is 2.03. The molecule has 0 aliphatic heterocycles. The van der Waals surface area contributed by atoms with E-state index in [0.29, 0.717) is 0 Å². The molecule has 7 nitrogen and oxygen atoms in total. The van der Waals surface area contributed by atoms with Crippen molar-refractivity contribution in [3.8, 4) is 0 Å². The first-order valence-electron chi connectivity index (χ1n) is 5.95. The van der Waals surface area contributed by atoms with Crippen LogP contribution in [0.1, 0.15) is 16.8 Å². The second-order valence-electron chi connectivity index (χ2n) is 4.20. The van der Waals surface area contributed by atoms with E-state index in [2.05, 4.69) is 5.32 Å². The Bertz CT molecular complexity index is 539. The van der Waals surface area contributed by atoms with Crippen molar-refractivity contribution in [1.82, 2.24) is 5.32 Å². The van der Waals surface area contributed by atoms with E-state index >= 15 is 0 Å². The van der Waals surface area contributed by atoms with Gasteiger partial charge in [0.25, 0.3) is 11.6 Å². The number of hydrogen-bond acceptors (Lipinski definition) is 5. The molecule has 2 N–H and O–H groups in total. The van der Waals surface area contributed by atoms with Crippen LogP contribution in [0.3, 0.4) is 0 Å². The molecule has 0 bridgehead atoms. The van der Waals surface area contributed by atoms with Crippen LogP contribution in [0.2, 0.25) is 10.0 Å². The monoisotopic (exact) mass is 336 g/mol. The second-order valence-corrected chi connectivity index (χ2v) is 4.99. The van der Waals surface area contributed by atoms with Gasteiger partial charge in [0.2, 0.25) is 0 Å². The van der Waals surface area contributed by atoms with Crippen molar-refractivity contribution in [2.24, 2.45) is 0 Å². The van der Waals surface area contributed by atoms with Gasteiger partial charge in [0.1, 0.15) is 0 Å². The number of nitrogens with zero attached hydrogens (tertiary/aromatic N) is 1. The number of hydrogen-bond donors (Lipinski definition) is 2. The first kappa shape index (κ1) is 17.6. The molecule has 1 rings (SSSR count). The Morgan fingerprint density at radius 3 is 2.76 bits per heavy atom. The van der Waals surface area contributed by atoms with Crippen molar-refractivity contribution in [1.29, 1.82) is 0 Å². The van der Waals surface area contributed by atoms with Gasteiger partial charge < -0.3 is 15.2 Å². The first-order valence-corrected chi connectivity index (χ1v) is 6.71. The molecule has 0 saturated carbocycles. The Hall–Kier alpha value is -1.41. The van der Waals surface area contributed by atoms with Gasteiger partial charge in [-0.25, -0.2) is 0 Å². The van der Waals surface area contributed by atoms with Crippen LogP contribution in [-0.4, -0.2) is 42.3 Å². The van der Waals surface area contributed by atoms with E-state index in [9.17, 15) is 20.0 Å². The fourth-order valence-electron chi connectivity index (χ4n) is 1.57. The van der Waals surface area contributed by atoms with E-state index < -0.39 is 16.9 Å². The standard InChI is InChI=1S/C12H14Cl2N2O5/c1-21-6-8(17)2-3-15-12(18)9-4-7(16(19)20)5-10(13)11(9)14/h4-5,8,17H,2-3,6H2,1H3,(H,15,18). The topological polar surface area (TPSA) is 102 Å². The number of non-ortho nitro benzene ring substituents is 1. The molecule has 0 radical (unpaired) electrons. The zero-order chi connectivity index (χ0) is 16.0. The summed E-state index contributed by atoms with van der Waals surface area (Å²) in [5, 5.41) is 22.5. The van der Waals surface area contributed by atoms with E-state index in [4.69, 9.17) is 27.9 Å². The van der Waals surface area contributed by atoms with Crippen LogP contribution in [0.4, 0.5) is 5.69 Å². The SMILES string of the molecule is COCC(O)CCNC(=O)c1cc([N+](=O)[O-])cc(Cl)c1Cl. The van der Waals surface area contributed by atoms with Gasteiger partial charge in [-0.3, -0.25) is 14.9 Å². The first-order chi connectivity index (χ1) is 9.86. The number of rotatable bonds is 7. The summed E-state index contributed by atoms with van der Waals surface area (Å²) in [6.45, 7) is 0.319. The predicted molar refractivity (Wildman–Crippen MR) is 77.9 cm³/mol. The van der Waals surface area contributed by atoms with Gasteiger partial charge in [-0.15, -0.1) is 0 Å². The highest BCUT2D eigenvalue weighted by Crippen LogP contribution is 2.30. The van der Waals surface area contributed by atoms with Crippen LogP contribution < -0.4 is 5.32 Å². The highest BCUT2D eigenvalue weighted by Gasteiger charge is 2.19. The third-order valence-electron chi connectivity index (χ3n) is 2.59. The summed E-state index contributed by atoms with van der Waals surface area (Å²) < 4.78 is 4.75. The number of halogens is 2. The zero-order valence-electron chi connectivity index (χ0n) is 11.1. The summed E-state index contributed by atoms with van der Waals surface area (Å²) in [4.78, 5) is 22.0. The number of carbonyl (C=O) groups is 1. The van der Waals surface area contributed by atoms with Gasteiger partial charge in [-0.1, -0.05) is 23.2 Å². The average Bonchev–Trinajstić information content (AvgIpc) is 2.41. The molecule has 0 spiro atoms. The summed E-state index contributed by atoms with van der Waals surface area (Å²) in [5.41, 5.74) is -0.411. The lowest BCUT2D eigenvalue weighted by atomic mass is 10.1. The molecule has 116 valence electrons. The third kappa shape index (κ3) is 5.13. The third-order valence-corrected chi connectivity index (χ3v) is 3.39. The highest BCUT2D eigenvalue weighted by molar-refractivity contribution is 6.44. The number of nitro benzene ring substituents is 1. The fraction of sp³-hybridized carbons (Fsp3) is 0.417. The molecule has 0 aromatic heterocycles. The van der Waals surface area contributed by atoms with Crippen molar-refractivity contribution < 1.29 is 19.6 Å². The van der Waals surface area contributed by atoms with E-state index in [1.165, 1.54) is 7.11 Å². The molecule has 0 heterocycles. The van der Waals surface area contributed by atoms with Crippen LogP contribution in [-0.2, 0) is 4.74 Å². The van der Waals surface area contributed by atoms with Crippen LogP contribution >= 0.6 is 23.2 Å². The van der Waals surface area contributed by atoms with E-state index in [1.807, 2.05) is 0 Å². The number of aliphatic hydroxyl groups excluding tert-OH is 1. The zero-order valence-corrected chi connectivity index (χ0v) is 12.6. The van der Waals surface area contributed by atoms with Crippen molar-refractivity contribution in [2.45, 2.75) is 12.5 Å². The Morgan fingerprint density at radius 1 is 1.52 bits per heavy atom. The molecule has 1 aromatic carbocycles. The summed E-state index contributed by atoms with van der Waals surface area (Å²) >= 11 is 11.6. The molecule has 0 saturated heterocycles. The lowest BCUT2D eigenvalue weighted by molar-refractivity contribution is -0.384. The number of amides is 1. The van der Waals surface area contributed by atoms with Gasteiger partial charge in [-0.05, 0) is 6.42 Å². The smallest absolute Gasteiger partial charge is 0.271 e. The van der Waals surface area contributed by atoms with Gasteiger partial charge in [0, 0.05) is 25.8 Å². The Kier molecular flexibility index (Phi) is 6.83. The number of methoxy groups -OCH3 is 1. The number of benzene rings is 1. The van der Waals surface area contributed by atoms with E-state index in [1.54, 1.807) is 0 Å². The molecular weight excluding hydrogens is 323 g/mol. The second kappa shape index (κ2) is 8.14. The fourth-order valence-corrected chi connectivity index (χ4v) is 1.98. The van der Waals surface area contributed by atoms with Crippen molar-refractivity contribution in [3.05, 3.63) is 37.9 Å². The van der Waals surface area contributed by atoms with Crippen molar-refractivity contribution in [3.63, 3.8) is 0 Å².